The third kappa shape index (κ3) is 3.43. The Balaban J connectivity index is 2.43. The molecular weight excluding hydrogens is 210 g/mol. The molecule has 1 aliphatic carbocycles. The normalized spacial score (nSPS) is 30.1. The molecule has 0 heterocycles. The quantitative estimate of drug-likeness (QED) is 0.550. The summed E-state index contributed by atoms with van der Waals surface area (Å²) in [5.41, 5.74) is 5.15. The average Bonchev–Trinajstić information content (AvgIpc) is 2.28. The van der Waals surface area contributed by atoms with Crippen molar-refractivity contribution in [1.29, 1.82) is 0 Å². The Kier molecular flexibility index (Phi) is 5.18. The number of esters is 1. The molecule has 0 bridgehead atoms. The molecule has 94 valence electrons. The molecule has 0 aliphatic heterocycles. The monoisotopic (exact) mass is 231 g/mol. The van der Waals surface area contributed by atoms with Crippen molar-refractivity contribution in [2.24, 2.45) is 5.73 Å². The molecule has 1 rings (SSSR count). The Labute approximate surface area is 96.2 Å². The molecule has 16 heavy (non-hydrogen) atoms. The van der Waals surface area contributed by atoms with Crippen LogP contribution in [0, 0.1) is 0 Å². The summed E-state index contributed by atoms with van der Waals surface area (Å²) in [6.07, 6.45) is 3.07. The van der Waals surface area contributed by atoms with Crippen LogP contribution in [0.3, 0.4) is 0 Å². The smallest absolute Gasteiger partial charge is 0.325 e. The van der Waals surface area contributed by atoms with Crippen LogP contribution in [0.4, 0.5) is 0 Å². The van der Waals surface area contributed by atoms with E-state index in [1.807, 2.05) is 0 Å². The van der Waals surface area contributed by atoms with E-state index in [-0.39, 0.29) is 12.1 Å². The number of carbonyl (C=O) groups excluding carboxylic acids is 1. The Morgan fingerprint density at radius 2 is 2.19 bits per heavy atom. The van der Waals surface area contributed by atoms with Crippen LogP contribution >= 0.6 is 0 Å². The lowest BCUT2D eigenvalue weighted by molar-refractivity contribution is -0.150. The highest BCUT2D eigenvalue weighted by Crippen LogP contribution is 2.29. The zero-order valence-electron chi connectivity index (χ0n) is 10.0. The van der Waals surface area contributed by atoms with E-state index in [9.17, 15) is 4.79 Å². The van der Waals surface area contributed by atoms with Gasteiger partial charge in [0, 0.05) is 13.5 Å². The molecule has 0 aromatic carbocycles. The van der Waals surface area contributed by atoms with Crippen molar-refractivity contribution in [3.05, 3.63) is 0 Å². The molecule has 0 amide bonds. The summed E-state index contributed by atoms with van der Waals surface area (Å²) < 4.78 is 15.2. The van der Waals surface area contributed by atoms with Crippen LogP contribution < -0.4 is 5.73 Å². The number of rotatable bonds is 5. The average molecular weight is 231 g/mol. The Hall–Kier alpha value is -0.650. The SMILES string of the molecule is COCCOC1CCCC(N)(C(=O)OC)C1. The highest BCUT2D eigenvalue weighted by atomic mass is 16.5. The first-order valence-electron chi connectivity index (χ1n) is 5.60. The lowest BCUT2D eigenvalue weighted by atomic mass is 9.81. The number of methoxy groups -OCH3 is 2. The lowest BCUT2D eigenvalue weighted by Gasteiger charge is -2.35. The second kappa shape index (κ2) is 6.18. The molecule has 1 fully saturated rings. The maximum absolute atomic E-state index is 11.5. The van der Waals surface area contributed by atoms with Crippen molar-refractivity contribution in [2.75, 3.05) is 27.4 Å². The van der Waals surface area contributed by atoms with E-state index < -0.39 is 5.54 Å². The molecule has 0 aromatic heterocycles. The predicted molar refractivity (Wildman–Crippen MR) is 59.0 cm³/mol. The maximum Gasteiger partial charge on any atom is 0.325 e. The van der Waals surface area contributed by atoms with Gasteiger partial charge in [-0.05, 0) is 19.3 Å². The summed E-state index contributed by atoms with van der Waals surface area (Å²) >= 11 is 0. The second-order valence-electron chi connectivity index (χ2n) is 4.23. The van der Waals surface area contributed by atoms with Crippen molar-refractivity contribution in [1.82, 2.24) is 0 Å². The van der Waals surface area contributed by atoms with Gasteiger partial charge in [0.2, 0.25) is 0 Å². The van der Waals surface area contributed by atoms with Gasteiger partial charge in [-0.2, -0.15) is 0 Å². The third-order valence-corrected chi connectivity index (χ3v) is 2.97. The van der Waals surface area contributed by atoms with E-state index in [1.54, 1.807) is 7.11 Å². The Bertz CT molecular complexity index is 234. The minimum Gasteiger partial charge on any atom is -0.468 e. The van der Waals surface area contributed by atoms with E-state index in [4.69, 9.17) is 19.9 Å². The van der Waals surface area contributed by atoms with Crippen LogP contribution in [0.5, 0.6) is 0 Å². The van der Waals surface area contributed by atoms with Crippen molar-refractivity contribution >= 4 is 5.97 Å². The largest absolute Gasteiger partial charge is 0.468 e. The summed E-state index contributed by atoms with van der Waals surface area (Å²) in [5.74, 6) is -0.340. The van der Waals surface area contributed by atoms with E-state index in [1.165, 1.54) is 7.11 Å². The Morgan fingerprint density at radius 1 is 1.44 bits per heavy atom. The van der Waals surface area contributed by atoms with Gasteiger partial charge in [-0.25, -0.2) is 0 Å². The van der Waals surface area contributed by atoms with Gasteiger partial charge in [-0.1, -0.05) is 0 Å². The van der Waals surface area contributed by atoms with Crippen molar-refractivity contribution in [2.45, 2.75) is 37.3 Å². The van der Waals surface area contributed by atoms with E-state index in [2.05, 4.69) is 0 Å². The minimum atomic E-state index is -0.870. The number of hydrogen-bond donors (Lipinski definition) is 1. The fourth-order valence-corrected chi connectivity index (χ4v) is 2.08. The first kappa shape index (κ1) is 13.4. The number of hydrogen-bond acceptors (Lipinski definition) is 5. The zero-order chi connectivity index (χ0) is 12.0. The molecular formula is C11H21NO4. The molecule has 2 unspecified atom stereocenters. The van der Waals surface area contributed by atoms with Crippen molar-refractivity contribution in [3.63, 3.8) is 0 Å². The number of carbonyl (C=O) groups is 1. The first-order chi connectivity index (χ1) is 7.62. The highest BCUT2D eigenvalue weighted by Gasteiger charge is 2.40. The molecule has 5 heteroatoms. The topological polar surface area (TPSA) is 70.8 Å². The molecule has 1 aliphatic rings. The van der Waals surface area contributed by atoms with E-state index in [0.29, 0.717) is 26.1 Å². The van der Waals surface area contributed by atoms with Gasteiger partial charge in [0.25, 0.3) is 0 Å². The fourth-order valence-electron chi connectivity index (χ4n) is 2.08. The van der Waals surface area contributed by atoms with E-state index in [0.717, 1.165) is 12.8 Å². The summed E-state index contributed by atoms with van der Waals surface area (Å²) in [7, 11) is 3.00. The summed E-state index contributed by atoms with van der Waals surface area (Å²) in [6.45, 7) is 1.10. The van der Waals surface area contributed by atoms with Gasteiger partial charge >= 0.3 is 5.97 Å². The van der Waals surface area contributed by atoms with Crippen LogP contribution in [0.1, 0.15) is 25.7 Å². The van der Waals surface area contributed by atoms with Crippen LogP contribution in [0.25, 0.3) is 0 Å². The van der Waals surface area contributed by atoms with E-state index >= 15 is 0 Å². The lowest BCUT2D eigenvalue weighted by Crippen LogP contribution is -2.53. The molecule has 0 saturated heterocycles. The molecule has 2 N–H and O–H groups in total. The van der Waals surface area contributed by atoms with Crippen LogP contribution in [0.15, 0.2) is 0 Å². The van der Waals surface area contributed by atoms with Gasteiger partial charge in [0.05, 0.1) is 26.4 Å². The van der Waals surface area contributed by atoms with Gasteiger partial charge in [0.1, 0.15) is 5.54 Å². The minimum absolute atomic E-state index is 0.0352. The Morgan fingerprint density at radius 3 is 2.81 bits per heavy atom. The summed E-state index contributed by atoms with van der Waals surface area (Å²) in [5, 5.41) is 0. The van der Waals surface area contributed by atoms with Crippen molar-refractivity contribution in [3.8, 4) is 0 Å². The van der Waals surface area contributed by atoms with Crippen LogP contribution in [-0.4, -0.2) is 45.0 Å². The summed E-state index contributed by atoms with van der Waals surface area (Å²) in [4.78, 5) is 11.5. The van der Waals surface area contributed by atoms with Gasteiger partial charge in [-0.15, -0.1) is 0 Å². The highest BCUT2D eigenvalue weighted by molar-refractivity contribution is 5.80. The molecule has 0 aromatic rings. The predicted octanol–water partition coefficient (Wildman–Crippen LogP) is 0.463. The molecule has 5 nitrogen and oxygen atoms in total. The molecule has 0 radical (unpaired) electrons. The first-order valence-corrected chi connectivity index (χ1v) is 5.60. The second-order valence-corrected chi connectivity index (χ2v) is 4.23. The van der Waals surface area contributed by atoms with Gasteiger partial charge in [0.15, 0.2) is 0 Å². The maximum atomic E-state index is 11.5. The molecule has 1 saturated carbocycles. The van der Waals surface area contributed by atoms with Gasteiger partial charge < -0.3 is 19.9 Å². The third-order valence-electron chi connectivity index (χ3n) is 2.97. The fraction of sp³-hybridized carbons (Fsp3) is 0.909. The van der Waals surface area contributed by atoms with Crippen LogP contribution in [-0.2, 0) is 19.0 Å². The molecule has 0 spiro atoms. The zero-order valence-corrected chi connectivity index (χ0v) is 10.0. The van der Waals surface area contributed by atoms with Crippen LogP contribution in [0.2, 0.25) is 0 Å². The standard InChI is InChI=1S/C11H21NO4/c1-14-6-7-16-9-4-3-5-11(12,8-9)10(13)15-2/h9H,3-8,12H2,1-2H3. The summed E-state index contributed by atoms with van der Waals surface area (Å²) in [6, 6.07) is 0. The number of nitrogens with two attached hydrogens (primary N) is 1. The van der Waals surface area contributed by atoms with Crippen molar-refractivity contribution < 1.29 is 19.0 Å². The van der Waals surface area contributed by atoms with Gasteiger partial charge in [-0.3, -0.25) is 4.79 Å². The molecule has 2 atom stereocenters. The number of ether oxygens (including phenoxy) is 3.